The highest BCUT2D eigenvalue weighted by atomic mass is 16.6. The highest BCUT2D eigenvalue weighted by Crippen LogP contribution is 2.22. The molecule has 1 aromatic heterocycles. The van der Waals surface area contributed by atoms with Crippen LogP contribution in [0.4, 0.5) is 11.4 Å². The van der Waals surface area contributed by atoms with Gasteiger partial charge < -0.3 is 20.4 Å². The van der Waals surface area contributed by atoms with Crippen LogP contribution in [0.2, 0.25) is 0 Å². The molecule has 0 aliphatic carbocycles. The molecule has 8 nitrogen and oxygen atoms in total. The first-order chi connectivity index (χ1) is 11.7. The van der Waals surface area contributed by atoms with Gasteiger partial charge in [-0.15, -0.1) is 0 Å². The number of nitrogens with zero attached hydrogens (tertiary/aromatic N) is 2. The van der Waals surface area contributed by atoms with E-state index in [0.29, 0.717) is 31.3 Å². The number of guanidine groups is 1. The molecule has 3 N–H and O–H groups in total. The van der Waals surface area contributed by atoms with Crippen LogP contribution in [0.1, 0.15) is 12.7 Å². The number of furan rings is 1. The van der Waals surface area contributed by atoms with Gasteiger partial charge in [-0.05, 0) is 25.1 Å². The van der Waals surface area contributed by atoms with Crippen LogP contribution < -0.4 is 16.0 Å². The van der Waals surface area contributed by atoms with Crippen molar-refractivity contribution in [3.05, 3.63) is 58.5 Å². The molecule has 0 aliphatic heterocycles. The van der Waals surface area contributed by atoms with Gasteiger partial charge in [0, 0.05) is 25.7 Å². The molecule has 0 radical (unpaired) electrons. The molecule has 2 rings (SSSR count). The van der Waals surface area contributed by atoms with Crippen LogP contribution in [-0.2, 0) is 6.54 Å². The van der Waals surface area contributed by atoms with Gasteiger partial charge in [0.15, 0.2) is 5.96 Å². The van der Waals surface area contributed by atoms with Gasteiger partial charge in [0.25, 0.3) is 5.69 Å². The van der Waals surface area contributed by atoms with E-state index in [1.54, 1.807) is 24.5 Å². The predicted octanol–water partition coefficient (Wildman–Crippen LogP) is 2.36. The Hall–Kier alpha value is -3.03. The number of hydrogen-bond donors (Lipinski definition) is 3. The fraction of sp³-hybridized carbons (Fsp3) is 0.312. The quantitative estimate of drug-likeness (QED) is 0.225. The van der Waals surface area contributed by atoms with E-state index in [9.17, 15) is 10.1 Å². The van der Waals surface area contributed by atoms with E-state index >= 15 is 0 Å². The van der Waals surface area contributed by atoms with E-state index in [1.165, 1.54) is 6.07 Å². The van der Waals surface area contributed by atoms with Crippen LogP contribution in [0.3, 0.4) is 0 Å². The van der Waals surface area contributed by atoms with Gasteiger partial charge in [0.05, 0.1) is 11.2 Å². The number of aliphatic imine (C=N–C) groups is 1. The number of nitro benzene ring substituents is 1. The zero-order chi connectivity index (χ0) is 17.2. The van der Waals surface area contributed by atoms with Gasteiger partial charge in [-0.3, -0.25) is 10.1 Å². The van der Waals surface area contributed by atoms with Gasteiger partial charge in [-0.2, -0.15) is 0 Å². The SMILES string of the molecule is CCNC(=NCc1ccco1)NCCNc1ccccc1[N+](=O)[O-]. The summed E-state index contributed by atoms with van der Waals surface area (Å²) in [4.78, 5) is 15.0. The van der Waals surface area contributed by atoms with E-state index in [0.717, 1.165) is 12.3 Å². The summed E-state index contributed by atoms with van der Waals surface area (Å²) in [6, 6.07) is 10.3. The second-order valence-corrected chi connectivity index (χ2v) is 4.90. The van der Waals surface area contributed by atoms with Crippen molar-refractivity contribution < 1.29 is 9.34 Å². The average Bonchev–Trinajstić information content (AvgIpc) is 3.10. The highest BCUT2D eigenvalue weighted by molar-refractivity contribution is 5.79. The summed E-state index contributed by atoms with van der Waals surface area (Å²) in [6.07, 6.45) is 1.61. The smallest absolute Gasteiger partial charge is 0.292 e. The fourth-order valence-electron chi connectivity index (χ4n) is 2.06. The summed E-state index contributed by atoms with van der Waals surface area (Å²) in [6.45, 7) is 4.25. The van der Waals surface area contributed by atoms with Crippen molar-refractivity contribution >= 4 is 17.3 Å². The molecular weight excluding hydrogens is 310 g/mol. The van der Waals surface area contributed by atoms with Crippen molar-refractivity contribution in [2.45, 2.75) is 13.5 Å². The molecule has 24 heavy (non-hydrogen) atoms. The Bertz CT molecular complexity index is 670. The molecule has 128 valence electrons. The van der Waals surface area contributed by atoms with E-state index in [2.05, 4.69) is 20.9 Å². The molecule has 1 heterocycles. The Morgan fingerprint density at radius 2 is 2.04 bits per heavy atom. The Morgan fingerprint density at radius 3 is 2.75 bits per heavy atom. The second-order valence-electron chi connectivity index (χ2n) is 4.90. The Morgan fingerprint density at radius 1 is 1.21 bits per heavy atom. The first-order valence-corrected chi connectivity index (χ1v) is 7.72. The van der Waals surface area contributed by atoms with Gasteiger partial charge >= 0.3 is 0 Å². The maximum Gasteiger partial charge on any atom is 0.292 e. The molecule has 0 amide bonds. The minimum absolute atomic E-state index is 0.0656. The summed E-state index contributed by atoms with van der Waals surface area (Å²) in [5.74, 6) is 1.45. The molecule has 2 aromatic rings. The van der Waals surface area contributed by atoms with Gasteiger partial charge in [-0.25, -0.2) is 4.99 Å². The lowest BCUT2D eigenvalue weighted by molar-refractivity contribution is -0.384. The summed E-state index contributed by atoms with van der Waals surface area (Å²) in [5, 5.41) is 20.3. The van der Waals surface area contributed by atoms with Crippen LogP contribution in [0, 0.1) is 10.1 Å². The predicted molar refractivity (Wildman–Crippen MR) is 93.1 cm³/mol. The monoisotopic (exact) mass is 331 g/mol. The molecule has 0 bridgehead atoms. The maximum atomic E-state index is 11.0. The van der Waals surface area contributed by atoms with Crippen molar-refractivity contribution in [2.75, 3.05) is 25.0 Å². The number of nitro groups is 1. The lowest BCUT2D eigenvalue weighted by Crippen LogP contribution is -2.39. The van der Waals surface area contributed by atoms with Crippen molar-refractivity contribution in [1.82, 2.24) is 10.6 Å². The third-order valence-electron chi connectivity index (χ3n) is 3.15. The molecule has 8 heteroatoms. The van der Waals surface area contributed by atoms with Crippen molar-refractivity contribution in [1.29, 1.82) is 0 Å². The van der Waals surface area contributed by atoms with Crippen LogP contribution in [-0.4, -0.2) is 30.5 Å². The van der Waals surface area contributed by atoms with Crippen molar-refractivity contribution in [3.63, 3.8) is 0 Å². The molecule has 0 fully saturated rings. The van der Waals surface area contributed by atoms with Crippen molar-refractivity contribution in [2.24, 2.45) is 4.99 Å². The zero-order valence-corrected chi connectivity index (χ0v) is 13.5. The second kappa shape index (κ2) is 9.19. The normalized spacial score (nSPS) is 11.1. The van der Waals surface area contributed by atoms with Crippen LogP contribution in [0.5, 0.6) is 0 Å². The van der Waals surface area contributed by atoms with Crippen LogP contribution in [0.25, 0.3) is 0 Å². The van der Waals surface area contributed by atoms with E-state index in [1.807, 2.05) is 19.1 Å². The number of anilines is 1. The lowest BCUT2D eigenvalue weighted by atomic mass is 10.2. The Kier molecular flexibility index (Phi) is 6.63. The number of rotatable bonds is 8. The lowest BCUT2D eigenvalue weighted by Gasteiger charge is -2.12. The van der Waals surface area contributed by atoms with E-state index in [4.69, 9.17) is 4.42 Å². The number of para-hydroxylation sites is 2. The van der Waals surface area contributed by atoms with E-state index < -0.39 is 4.92 Å². The number of nitrogens with one attached hydrogen (secondary N) is 3. The molecule has 0 aliphatic rings. The number of hydrogen-bond acceptors (Lipinski definition) is 5. The van der Waals surface area contributed by atoms with Gasteiger partial charge in [0.2, 0.25) is 0 Å². The zero-order valence-electron chi connectivity index (χ0n) is 13.5. The van der Waals surface area contributed by atoms with Gasteiger partial charge in [-0.1, -0.05) is 12.1 Å². The molecule has 0 spiro atoms. The van der Waals surface area contributed by atoms with E-state index in [-0.39, 0.29) is 5.69 Å². The first kappa shape index (κ1) is 17.3. The van der Waals surface area contributed by atoms with Crippen LogP contribution in [0.15, 0.2) is 52.1 Å². The summed E-state index contributed by atoms with van der Waals surface area (Å²) in [5.41, 5.74) is 0.567. The highest BCUT2D eigenvalue weighted by Gasteiger charge is 2.11. The topological polar surface area (TPSA) is 105 Å². The minimum atomic E-state index is -0.398. The third-order valence-corrected chi connectivity index (χ3v) is 3.15. The Labute approximate surface area is 140 Å². The maximum absolute atomic E-state index is 11.0. The number of benzene rings is 1. The van der Waals surface area contributed by atoms with Crippen molar-refractivity contribution in [3.8, 4) is 0 Å². The first-order valence-electron chi connectivity index (χ1n) is 7.72. The largest absolute Gasteiger partial charge is 0.467 e. The molecule has 0 unspecified atom stereocenters. The molecule has 0 saturated carbocycles. The molecule has 0 atom stereocenters. The summed E-state index contributed by atoms with van der Waals surface area (Å²) < 4.78 is 5.24. The summed E-state index contributed by atoms with van der Waals surface area (Å²) >= 11 is 0. The standard InChI is InChI=1S/C16H21N5O3/c1-2-17-16(20-12-13-6-5-11-24-13)19-10-9-18-14-7-3-4-8-15(14)21(22)23/h3-8,11,18H,2,9-10,12H2,1H3,(H2,17,19,20). The molecule has 1 aromatic carbocycles. The summed E-state index contributed by atoms with van der Waals surface area (Å²) in [7, 11) is 0. The van der Waals surface area contributed by atoms with Gasteiger partial charge in [0.1, 0.15) is 18.0 Å². The molecule has 0 saturated heterocycles. The fourth-order valence-corrected chi connectivity index (χ4v) is 2.06. The molecular formula is C16H21N5O3. The Balaban J connectivity index is 1.82. The third kappa shape index (κ3) is 5.31. The minimum Gasteiger partial charge on any atom is -0.467 e. The average molecular weight is 331 g/mol. The van der Waals surface area contributed by atoms with Crippen LogP contribution >= 0.6 is 0 Å².